The van der Waals surface area contributed by atoms with Crippen LogP contribution >= 0.6 is 35.0 Å². The summed E-state index contributed by atoms with van der Waals surface area (Å²) in [4.78, 5) is 11.9. The predicted octanol–water partition coefficient (Wildman–Crippen LogP) is 1.68. The molecule has 0 radical (unpaired) electrons. The fourth-order valence-corrected chi connectivity index (χ4v) is 2.55. The average molecular weight is 383 g/mol. The van der Waals surface area contributed by atoms with Gasteiger partial charge in [-0.1, -0.05) is 0 Å². The van der Waals surface area contributed by atoms with E-state index in [9.17, 15) is 9.90 Å². The van der Waals surface area contributed by atoms with Crippen LogP contribution in [0.2, 0.25) is 0 Å². The number of benzene rings is 1. The number of rotatable bonds is 2. The first kappa shape index (κ1) is 15.7. The quantitative estimate of drug-likeness (QED) is 0.682. The van der Waals surface area contributed by atoms with E-state index in [-0.39, 0.29) is 24.4 Å². The molecular weight excluding hydrogens is 367 g/mol. The molecule has 1 saturated heterocycles. The number of halogens is 2. The monoisotopic (exact) mass is 382 g/mol. The number of carbonyl (C=O) groups excluding carboxylic acids is 1. The summed E-state index contributed by atoms with van der Waals surface area (Å²) in [5.41, 5.74) is 1.88. The van der Waals surface area contributed by atoms with Crippen molar-refractivity contribution in [3.8, 4) is 0 Å². The van der Waals surface area contributed by atoms with Crippen LogP contribution in [-0.4, -0.2) is 29.7 Å². The van der Waals surface area contributed by atoms with Crippen LogP contribution in [-0.2, 0) is 4.79 Å². The molecule has 2 unspecified atom stereocenters. The summed E-state index contributed by atoms with van der Waals surface area (Å²) in [5, 5.41) is 15.2. The Balaban J connectivity index is 0.00000162. The van der Waals surface area contributed by atoms with E-state index in [0.717, 1.165) is 14.8 Å². The molecule has 1 aliphatic heterocycles. The fraction of sp³-hybridized carbons (Fsp3) is 0.417. The molecular formula is C12H16ClIN2O2. The molecule has 1 fully saturated rings. The van der Waals surface area contributed by atoms with Gasteiger partial charge in [0.2, 0.25) is 5.91 Å². The summed E-state index contributed by atoms with van der Waals surface area (Å²) >= 11 is 2.24. The van der Waals surface area contributed by atoms with Crippen LogP contribution in [0.1, 0.15) is 12.0 Å². The van der Waals surface area contributed by atoms with Gasteiger partial charge in [-0.15, -0.1) is 12.4 Å². The van der Waals surface area contributed by atoms with Gasteiger partial charge in [-0.05, 0) is 59.7 Å². The van der Waals surface area contributed by atoms with Gasteiger partial charge in [-0.2, -0.15) is 0 Å². The topological polar surface area (TPSA) is 61.4 Å². The van der Waals surface area contributed by atoms with Crippen molar-refractivity contribution in [1.82, 2.24) is 5.32 Å². The Morgan fingerprint density at radius 2 is 2.28 bits per heavy atom. The van der Waals surface area contributed by atoms with Gasteiger partial charge in [-0.25, -0.2) is 0 Å². The van der Waals surface area contributed by atoms with E-state index >= 15 is 0 Å². The molecule has 6 heteroatoms. The molecule has 3 N–H and O–H groups in total. The zero-order chi connectivity index (χ0) is 12.4. The second-order valence-electron chi connectivity index (χ2n) is 4.30. The van der Waals surface area contributed by atoms with Gasteiger partial charge in [0, 0.05) is 15.8 Å². The average Bonchev–Trinajstić information content (AvgIpc) is 2.69. The molecule has 4 nitrogen and oxygen atoms in total. The van der Waals surface area contributed by atoms with Crippen molar-refractivity contribution >= 4 is 46.6 Å². The number of carbonyl (C=O) groups is 1. The zero-order valence-electron chi connectivity index (χ0n) is 9.94. The Labute approximate surface area is 126 Å². The summed E-state index contributed by atoms with van der Waals surface area (Å²) in [6.07, 6.45) is 0.0680. The highest BCUT2D eigenvalue weighted by Gasteiger charge is 2.28. The highest BCUT2D eigenvalue weighted by atomic mass is 127. The first-order valence-electron chi connectivity index (χ1n) is 5.54. The fourth-order valence-electron chi connectivity index (χ4n) is 1.90. The lowest BCUT2D eigenvalue weighted by Crippen LogP contribution is -2.35. The van der Waals surface area contributed by atoms with Crippen LogP contribution in [0.3, 0.4) is 0 Å². The van der Waals surface area contributed by atoms with Gasteiger partial charge < -0.3 is 15.7 Å². The van der Waals surface area contributed by atoms with Crippen molar-refractivity contribution in [3.63, 3.8) is 0 Å². The van der Waals surface area contributed by atoms with Crippen LogP contribution in [0.5, 0.6) is 0 Å². The largest absolute Gasteiger partial charge is 0.392 e. The van der Waals surface area contributed by atoms with Crippen molar-refractivity contribution in [2.45, 2.75) is 25.5 Å². The van der Waals surface area contributed by atoms with Crippen molar-refractivity contribution < 1.29 is 9.90 Å². The molecule has 1 amide bonds. The van der Waals surface area contributed by atoms with E-state index < -0.39 is 6.10 Å². The van der Waals surface area contributed by atoms with E-state index in [1.54, 1.807) is 0 Å². The Bertz CT molecular complexity index is 442. The standard InChI is InChI=1S/C12H15IN2O2.ClH/c1-7-4-8(13)2-3-10(7)15-12(17)11-5-9(16)6-14-11;/h2-4,9,11,14,16H,5-6H2,1H3,(H,15,17);1H. The summed E-state index contributed by atoms with van der Waals surface area (Å²) in [7, 11) is 0. The molecule has 1 heterocycles. The van der Waals surface area contributed by atoms with Crippen molar-refractivity contribution in [1.29, 1.82) is 0 Å². The first-order valence-corrected chi connectivity index (χ1v) is 6.62. The molecule has 1 aliphatic rings. The maximum atomic E-state index is 11.9. The summed E-state index contributed by atoms with van der Waals surface area (Å²) in [5.74, 6) is -0.0779. The predicted molar refractivity (Wildman–Crippen MR) is 82.2 cm³/mol. The summed E-state index contributed by atoms with van der Waals surface area (Å²) < 4.78 is 1.15. The number of aliphatic hydroxyl groups excluding tert-OH is 1. The molecule has 0 aromatic heterocycles. The second-order valence-corrected chi connectivity index (χ2v) is 5.54. The molecule has 100 valence electrons. The van der Waals surface area contributed by atoms with Gasteiger partial charge in [0.05, 0.1) is 12.1 Å². The van der Waals surface area contributed by atoms with Gasteiger partial charge in [0.25, 0.3) is 0 Å². The number of nitrogens with one attached hydrogen (secondary N) is 2. The van der Waals surface area contributed by atoms with Crippen LogP contribution in [0.15, 0.2) is 18.2 Å². The SMILES string of the molecule is Cc1cc(I)ccc1NC(=O)C1CC(O)CN1.Cl. The molecule has 1 aromatic carbocycles. The number of hydrogen-bond donors (Lipinski definition) is 3. The third-order valence-corrected chi connectivity index (χ3v) is 3.54. The van der Waals surface area contributed by atoms with Crippen LogP contribution in [0.25, 0.3) is 0 Å². The minimum Gasteiger partial charge on any atom is -0.392 e. The zero-order valence-corrected chi connectivity index (χ0v) is 12.9. The third kappa shape index (κ3) is 3.81. The van der Waals surface area contributed by atoms with E-state index in [1.165, 1.54) is 0 Å². The van der Waals surface area contributed by atoms with Crippen LogP contribution < -0.4 is 10.6 Å². The Kier molecular flexibility index (Phi) is 5.84. The van der Waals surface area contributed by atoms with Gasteiger partial charge >= 0.3 is 0 Å². The number of aryl methyl sites for hydroxylation is 1. The van der Waals surface area contributed by atoms with Gasteiger partial charge in [0.1, 0.15) is 0 Å². The molecule has 0 bridgehead atoms. The normalized spacial score (nSPS) is 22.4. The Morgan fingerprint density at radius 3 is 2.83 bits per heavy atom. The lowest BCUT2D eigenvalue weighted by molar-refractivity contribution is -0.117. The van der Waals surface area contributed by atoms with Gasteiger partial charge in [-0.3, -0.25) is 4.79 Å². The number of β-amino-alcohol motifs (C(OH)–C–C–N with tert-alkyl or cyclic N) is 1. The lowest BCUT2D eigenvalue weighted by atomic mass is 10.1. The number of aliphatic hydroxyl groups is 1. The highest BCUT2D eigenvalue weighted by molar-refractivity contribution is 14.1. The summed E-state index contributed by atoms with van der Waals surface area (Å²) in [6.45, 7) is 2.46. The molecule has 2 rings (SSSR count). The smallest absolute Gasteiger partial charge is 0.241 e. The summed E-state index contributed by atoms with van der Waals surface area (Å²) in [6, 6.07) is 5.59. The Morgan fingerprint density at radius 1 is 1.56 bits per heavy atom. The molecule has 0 aliphatic carbocycles. The minimum atomic E-state index is -0.413. The van der Waals surface area contributed by atoms with Crippen molar-refractivity contribution in [2.75, 3.05) is 11.9 Å². The highest BCUT2D eigenvalue weighted by Crippen LogP contribution is 2.18. The number of hydrogen-bond acceptors (Lipinski definition) is 3. The lowest BCUT2D eigenvalue weighted by Gasteiger charge is -2.13. The van der Waals surface area contributed by atoms with E-state index in [0.29, 0.717) is 13.0 Å². The maximum absolute atomic E-state index is 11.9. The first-order chi connectivity index (χ1) is 8.06. The number of anilines is 1. The second kappa shape index (κ2) is 6.70. The van der Waals surface area contributed by atoms with E-state index in [1.807, 2.05) is 25.1 Å². The maximum Gasteiger partial charge on any atom is 0.241 e. The van der Waals surface area contributed by atoms with Crippen molar-refractivity contribution in [3.05, 3.63) is 27.3 Å². The minimum absolute atomic E-state index is 0. The number of amides is 1. The molecule has 0 saturated carbocycles. The van der Waals surface area contributed by atoms with Crippen LogP contribution in [0, 0.1) is 10.5 Å². The van der Waals surface area contributed by atoms with Crippen LogP contribution in [0.4, 0.5) is 5.69 Å². The molecule has 1 aromatic rings. The Hall–Kier alpha value is -0.370. The van der Waals surface area contributed by atoms with E-state index in [2.05, 4.69) is 33.2 Å². The van der Waals surface area contributed by atoms with Gasteiger partial charge in [0.15, 0.2) is 0 Å². The van der Waals surface area contributed by atoms with Crippen molar-refractivity contribution in [2.24, 2.45) is 0 Å². The molecule has 0 spiro atoms. The molecule has 18 heavy (non-hydrogen) atoms. The third-order valence-electron chi connectivity index (χ3n) is 2.87. The molecule has 2 atom stereocenters. The van der Waals surface area contributed by atoms with E-state index in [4.69, 9.17) is 0 Å².